The molecule has 1 aromatic carbocycles. The summed E-state index contributed by atoms with van der Waals surface area (Å²) >= 11 is 6.20. The highest BCUT2D eigenvalue weighted by atomic mass is 35.5. The van der Waals surface area contributed by atoms with E-state index in [1.165, 1.54) is 0 Å². The van der Waals surface area contributed by atoms with Gasteiger partial charge in [0, 0.05) is 17.0 Å². The molecule has 5 heteroatoms. The molecule has 1 aromatic rings. The molecule has 1 unspecified atom stereocenters. The molecular formula is C15H24Cl2N2O. The van der Waals surface area contributed by atoms with Crippen LogP contribution in [0.1, 0.15) is 39.2 Å². The number of nitrogens with two attached hydrogens (primary N) is 1. The van der Waals surface area contributed by atoms with Crippen LogP contribution in [-0.2, 0) is 10.2 Å². The zero-order valence-electron chi connectivity index (χ0n) is 12.3. The van der Waals surface area contributed by atoms with Crippen LogP contribution in [0.15, 0.2) is 24.3 Å². The molecule has 20 heavy (non-hydrogen) atoms. The smallest absolute Gasteiger partial charge is 0.236 e. The molecule has 0 aromatic heterocycles. The summed E-state index contributed by atoms with van der Waals surface area (Å²) in [6.45, 7) is 6.65. The molecule has 0 aliphatic heterocycles. The molecule has 0 bridgehead atoms. The van der Waals surface area contributed by atoms with Crippen molar-refractivity contribution in [1.29, 1.82) is 0 Å². The van der Waals surface area contributed by atoms with Gasteiger partial charge in [0.05, 0.1) is 6.04 Å². The van der Waals surface area contributed by atoms with Crippen LogP contribution in [0.25, 0.3) is 0 Å². The number of carbonyl (C=O) groups is 1. The van der Waals surface area contributed by atoms with Gasteiger partial charge in [-0.25, -0.2) is 0 Å². The summed E-state index contributed by atoms with van der Waals surface area (Å²) in [5.41, 5.74) is 6.59. The van der Waals surface area contributed by atoms with E-state index in [0.717, 1.165) is 17.0 Å². The van der Waals surface area contributed by atoms with E-state index >= 15 is 0 Å². The third kappa shape index (κ3) is 5.31. The second kappa shape index (κ2) is 8.50. The second-order valence-corrected chi connectivity index (χ2v) is 5.88. The molecule has 1 rings (SSSR count). The van der Waals surface area contributed by atoms with E-state index in [2.05, 4.69) is 19.2 Å². The maximum absolute atomic E-state index is 11.8. The van der Waals surface area contributed by atoms with Gasteiger partial charge in [-0.05, 0) is 18.1 Å². The first-order valence-electron chi connectivity index (χ1n) is 6.66. The van der Waals surface area contributed by atoms with Crippen molar-refractivity contribution in [2.45, 2.75) is 45.1 Å². The lowest BCUT2D eigenvalue weighted by Crippen LogP contribution is -2.45. The molecule has 0 spiro atoms. The Kier molecular flexibility index (Phi) is 8.17. The van der Waals surface area contributed by atoms with Gasteiger partial charge in [-0.1, -0.05) is 57.0 Å². The minimum Gasteiger partial charge on any atom is -0.354 e. The Morgan fingerprint density at radius 1 is 1.40 bits per heavy atom. The Hall–Kier alpha value is -0.770. The minimum absolute atomic E-state index is 0. The van der Waals surface area contributed by atoms with Crippen LogP contribution < -0.4 is 11.1 Å². The lowest BCUT2D eigenvalue weighted by Gasteiger charge is -2.27. The summed E-state index contributed by atoms with van der Waals surface area (Å²) in [5.74, 6) is -0.0954. The number of amides is 1. The summed E-state index contributed by atoms with van der Waals surface area (Å²) in [5, 5.41) is 3.63. The number of nitrogens with one attached hydrogen (secondary N) is 1. The van der Waals surface area contributed by atoms with Crippen molar-refractivity contribution in [3.63, 3.8) is 0 Å². The molecule has 3 N–H and O–H groups in total. The first-order chi connectivity index (χ1) is 8.88. The third-order valence-electron chi connectivity index (χ3n) is 3.24. The largest absolute Gasteiger partial charge is 0.354 e. The average molecular weight is 319 g/mol. The summed E-state index contributed by atoms with van der Waals surface area (Å²) in [6.07, 6.45) is 1.61. The molecule has 3 nitrogen and oxygen atoms in total. The monoisotopic (exact) mass is 318 g/mol. The summed E-state index contributed by atoms with van der Waals surface area (Å²) in [7, 11) is 0. The van der Waals surface area contributed by atoms with Gasteiger partial charge in [0.25, 0.3) is 0 Å². The minimum atomic E-state index is -0.424. The van der Waals surface area contributed by atoms with Gasteiger partial charge in [-0.2, -0.15) is 0 Å². The SMILES string of the molecule is CCCC(N)C(=O)NCC(C)(C)c1ccccc1Cl.Cl. The fourth-order valence-electron chi connectivity index (χ4n) is 1.99. The highest BCUT2D eigenvalue weighted by Gasteiger charge is 2.24. The zero-order chi connectivity index (χ0) is 14.5. The molecule has 0 fully saturated rings. The normalized spacial score (nSPS) is 12.4. The molecular weight excluding hydrogens is 295 g/mol. The lowest BCUT2D eigenvalue weighted by atomic mass is 9.84. The third-order valence-corrected chi connectivity index (χ3v) is 3.57. The van der Waals surface area contributed by atoms with Crippen LogP contribution in [0.3, 0.4) is 0 Å². The van der Waals surface area contributed by atoms with Crippen molar-refractivity contribution in [3.8, 4) is 0 Å². The Labute approximate surface area is 132 Å². The van der Waals surface area contributed by atoms with Crippen LogP contribution in [0.2, 0.25) is 5.02 Å². The first-order valence-corrected chi connectivity index (χ1v) is 7.04. The number of carbonyl (C=O) groups excluding carboxylic acids is 1. The topological polar surface area (TPSA) is 55.1 Å². The van der Waals surface area contributed by atoms with Gasteiger partial charge >= 0.3 is 0 Å². The molecule has 0 saturated heterocycles. The highest BCUT2D eigenvalue weighted by molar-refractivity contribution is 6.31. The Balaban J connectivity index is 0.00000361. The van der Waals surface area contributed by atoms with Crippen molar-refractivity contribution in [3.05, 3.63) is 34.9 Å². The lowest BCUT2D eigenvalue weighted by molar-refractivity contribution is -0.122. The van der Waals surface area contributed by atoms with E-state index in [9.17, 15) is 4.79 Å². The van der Waals surface area contributed by atoms with Gasteiger partial charge in [-0.15, -0.1) is 12.4 Å². The molecule has 0 heterocycles. The Morgan fingerprint density at radius 2 is 2.00 bits per heavy atom. The molecule has 1 amide bonds. The van der Waals surface area contributed by atoms with Crippen molar-refractivity contribution in [2.75, 3.05) is 6.54 Å². The van der Waals surface area contributed by atoms with Crippen molar-refractivity contribution in [1.82, 2.24) is 5.32 Å². The van der Waals surface area contributed by atoms with Gasteiger partial charge in [-0.3, -0.25) is 4.79 Å². The van der Waals surface area contributed by atoms with E-state index in [4.69, 9.17) is 17.3 Å². The van der Waals surface area contributed by atoms with Gasteiger partial charge < -0.3 is 11.1 Å². The first kappa shape index (κ1) is 19.2. The molecule has 0 saturated carbocycles. The van der Waals surface area contributed by atoms with E-state index in [1.807, 2.05) is 31.2 Å². The van der Waals surface area contributed by atoms with E-state index in [-0.39, 0.29) is 23.7 Å². The standard InChI is InChI=1S/C15H23ClN2O.ClH/c1-4-7-13(17)14(19)18-10-15(2,3)11-8-5-6-9-12(11)16;/h5-6,8-9,13H,4,7,10,17H2,1-3H3,(H,18,19);1H. The zero-order valence-corrected chi connectivity index (χ0v) is 13.9. The van der Waals surface area contributed by atoms with Crippen LogP contribution in [0.5, 0.6) is 0 Å². The van der Waals surface area contributed by atoms with E-state index < -0.39 is 6.04 Å². The van der Waals surface area contributed by atoms with Gasteiger partial charge in [0.15, 0.2) is 0 Å². The Morgan fingerprint density at radius 3 is 2.55 bits per heavy atom. The number of hydrogen-bond donors (Lipinski definition) is 2. The van der Waals surface area contributed by atoms with Gasteiger partial charge in [0.1, 0.15) is 0 Å². The maximum atomic E-state index is 11.8. The number of rotatable bonds is 6. The predicted molar refractivity (Wildman–Crippen MR) is 87.6 cm³/mol. The predicted octanol–water partition coefficient (Wildman–Crippen LogP) is 3.28. The molecule has 114 valence electrons. The maximum Gasteiger partial charge on any atom is 0.236 e. The number of hydrogen-bond acceptors (Lipinski definition) is 2. The van der Waals surface area contributed by atoms with Crippen molar-refractivity contribution >= 4 is 29.9 Å². The second-order valence-electron chi connectivity index (χ2n) is 5.48. The van der Waals surface area contributed by atoms with E-state index in [1.54, 1.807) is 0 Å². The summed E-state index contributed by atoms with van der Waals surface area (Å²) in [4.78, 5) is 11.8. The fraction of sp³-hybridized carbons (Fsp3) is 0.533. The summed E-state index contributed by atoms with van der Waals surface area (Å²) < 4.78 is 0. The molecule has 1 atom stereocenters. The molecule has 0 aliphatic rings. The average Bonchev–Trinajstić information content (AvgIpc) is 2.36. The van der Waals surface area contributed by atoms with Crippen LogP contribution >= 0.6 is 24.0 Å². The van der Waals surface area contributed by atoms with Crippen molar-refractivity contribution in [2.24, 2.45) is 5.73 Å². The molecule has 0 radical (unpaired) electrons. The number of halogens is 2. The van der Waals surface area contributed by atoms with Crippen LogP contribution in [0.4, 0.5) is 0 Å². The highest BCUT2D eigenvalue weighted by Crippen LogP contribution is 2.28. The van der Waals surface area contributed by atoms with Crippen molar-refractivity contribution < 1.29 is 4.79 Å². The fourth-order valence-corrected chi connectivity index (χ4v) is 2.38. The Bertz CT molecular complexity index is 436. The van der Waals surface area contributed by atoms with Gasteiger partial charge in [0.2, 0.25) is 5.91 Å². The summed E-state index contributed by atoms with van der Waals surface area (Å²) in [6, 6.07) is 7.28. The van der Waals surface area contributed by atoms with Crippen LogP contribution in [-0.4, -0.2) is 18.5 Å². The quantitative estimate of drug-likeness (QED) is 0.845. The number of benzene rings is 1. The molecule has 0 aliphatic carbocycles. The van der Waals surface area contributed by atoms with Crippen LogP contribution in [0, 0.1) is 0 Å². The van der Waals surface area contributed by atoms with E-state index in [0.29, 0.717) is 13.0 Å².